The normalized spacial score (nSPS) is 15.7. The molecule has 1 aliphatic rings. The van der Waals surface area contributed by atoms with Crippen LogP contribution in [0.25, 0.3) is 0 Å². The molecule has 0 spiro atoms. The van der Waals surface area contributed by atoms with Crippen LogP contribution in [0, 0.1) is 6.92 Å². The summed E-state index contributed by atoms with van der Waals surface area (Å²) in [4.78, 5) is 7.05. The summed E-state index contributed by atoms with van der Waals surface area (Å²) in [7, 11) is 0. The molecule has 0 radical (unpaired) electrons. The van der Waals surface area contributed by atoms with Gasteiger partial charge in [-0.25, -0.2) is 4.99 Å². The standard InChI is InChI=1S/C22H29N3O2/c1-3-23-22(25-14-12-19(26)13-15-25)24-16-18-9-5-7-11-21(18)27-20-10-6-4-8-17(20)2/h4-11,19,26H,3,12-16H2,1-2H3,(H,23,24). The summed E-state index contributed by atoms with van der Waals surface area (Å²) < 4.78 is 6.16. The zero-order chi connectivity index (χ0) is 19.1. The Balaban J connectivity index is 1.75. The Morgan fingerprint density at radius 2 is 1.78 bits per heavy atom. The van der Waals surface area contributed by atoms with Gasteiger partial charge >= 0.3 is 0 Å². The molecule has 0 unspecified atom stereocenters. The molecule has 1 saturated heterocycles. The molecule has 1 heterocycles. The molecule has 0 aromatic heterocycles. The molecule has 0 aliphatic carbocycles. The summed E-state index contributed by atoms with van der Waals surface area (Å²) in [6.07, 6.45) is 1.39. The Kier molecular flexibility index (Phi) is 6.71. The molecule has 0 saturated carbocycles. The summed E-state index contributed by atoms with van der Waals surface area (Å²) in [6, 6.07) is 16.1. The van der Waals surface area contributed by atoms with Crippen LogP contribution >= 0.6 is 0 Å². The third kappa shape index (κ3) is 5.23. The molecule has 0 bridgehead atoms. The monoisotopic (exact) mass is 367 g/mol. The molecule has 2 aromatic carbocycles. The third-order valence-electron chi connectivity index (χ3n) is 4.78. The number of aliphatic imine (C=N–C) groups is 1. The lowest BCUT2D eigenvalue weighted by atomic mass is 10.1. The fourth-order valence-corrected chi connectivity index (χ4v) is 3.19. The van der Waals surface area contributed by atoms with E-state index in [1.807, 2.05) is 49.4 Å². The predicted octanol–water partition coefficient (Wildman–Crippen LogP) is 3.71. The molecule has 1 fully saturated rings. The van der Waals surface area contributed by atoms with Crippen LogP contribution in [-0.2, 0) is 6.54 Å². The number of ether oxygens (including phenoxy) is 1. The Bertz CT molecular complexity index is 768. The van der Waals surface area contributed by atoms with Crippen molar-refractivity contribution in [1.82, 2.24) is 10.2 Å². The summed E-state index contributed by atoms with van der Waals surface area (Å²) in [5.41, 5.74) is 2.16. The summed E-state index contributed by atoms with van der Waals surface area (Å²) >= 11 is 0. The van der Waals surface area contributed by atoms with Crippen LogP contribution in [0.1, 0.15) is 30.9 Å². The molecule has 2 N–H and O–H groups in total. The number of nitrogens with zero attached hydrogens (tertiary/aromatic N) is 2. The maximum atomic E-state index is 9.74. The van der Waals surface area contributed by atoms with E-state index >= 15 is 0 Å². The van der Waals surface area contributed by atoms with E-state index in [1.54, 1.807) is 0 Å². The number of benzene rings is 2. The average Bonchev–Trinajstić information content (AvgIpc) is 2.69. The number of guanidine groups is 1. The number of nitrogens with one attached hydrogen (secondary N) is 1. The molecule has 1 aliphatic heterocycles. The van der Waals surface area contributed by atoms with Crippen molar-refractivity contribution in [3.63, 3.8) is 0 Å². The number of hydrogen-bond donors (Lipinski definition) is 2. The van der Waals surface area contributed by atoms with Crippen LogP contribution in [0.3, 0.4) is 0 Å². The van der Waals surface area contributed by atoms with Crippen LogP contribution in [0.2, 0.25) is 0 Å². The molecule has 5 heteroatoms. The Morgan fingerprint density at radius 3 is 2.48 bits per heavy atom. The van der Waals surface area contributed by atoms with Crippen LogP contribution in [0.4, 0.5) is 0 Å². The van der Waals surface area contributed by atoms with Gasteiger partial charge in [-0.3, -0.25) is 0 Å². The Morgan fingerprint density at radius 1 is 1.11 bits per heavy atom. The topological polar surface area (TPSA) is 57.1 Å². The summed E-state index contributed by atoms with van der Waals surface area (Å²) in [5.74, 6) is 2.60. The van der Waals surface area contributed by atoms with Crippen molar-refractivity contribution in [3.05, 3.63) is 59.7 Å². The van der Waals surface area contributed by atoms with Crippen molar-refractivity contribution in [2.45, 2.75) is 39.3 Å². The minimum atomic E-state index is -0.188. The Labute approximate surface area is 161 Å². The summed E-state index contributed by atoms with van der Waals surface area (Å²) in [5, 5.41) is 13.1. The lowest BCUT2D eigenvalue weighted by Crippen LogP contribution is -2.46. The van der Waals surface area contributed by atoms with E-state index < -0.39 is 0 Å². The smallest absolute Gasteiger partial charge is 0.194 e. The highest BCUT2D eigenvalue weighted by molar-refractivity contribution is 5.80. The molecule has 5 nitrogen and oxygen atoms in total. The number of aliphatic hydroxyl groups is 1. The predicted molar refractivity (Wildman–Crippen MR) is 109 cm³/mol. The number of para-hydroxylation sites is 2. The van der Waals surface area contributed by atoms with Gasteiger partial charge in [0, 0.05) is 25.2 Å². The molecule has 0 atom stereocenters. The minimum absolute atomic E-state index is 0.188. The van der Waals surface area contributed by atoms with Gasteiger partial charge in [0.15, 0.2) is 5.96 Å². The van der Waals surface area contributed by atoms with Crippen molar-refractivity contribution < 1.29 is 9.84 Å². The highest BCUT2D eigenvalue weighted by Gasteiger charge is 2.19. The third-order valence-corrected chi connectivity index (χ3v) is 4.78. The molecule has 3 rings (SSSR count). The number of aliphatic hydroxyl groups excluding tert-OH is 1. The quantitative estimate of drug-likeness (QED) is 0.625. The van der Waals surface area contributed by atoms with Crippen LogP contribution in [0.15, 0.2) is 53.5 Å². The zero-order valence-corrected chi connectivity index (χ0v) is 16.2. The maximum absolute atomic E-state index is 9.74. The van der Waals surface area contributed by atoms with Crippen LogP contribution < -0.4 is 10.1 Å². The molecule has 0 amide bonds. The summed E-state index contributed by atoms with van der Waals surface area (Å²) in [6.45, 7) is 7.14. The van der Waals surface area contributed by atoms with Gasteiger partial charge in [-0.1, -0.05) is 36.4 Å². The highest BCUT2D eigenvalue weighted by Crippen LogP contribution is 2.28. The highest BCUT2D eigenvalue weighted by atomic mass is 16.5. The average molecular weight is 367 g/mol. The second kappa shape index (κ2) is 9.42. The number of piperidine rings is 1. The zero-order valence-electron chi connectivity index (χ0n) is 16.2. The van der Waals surface area contributed by atoms with Gasteiger partial charge < -0.3 is 20.1 Å². The fourth-order valence-electron chi connectivity index (χ4n) is 3.19. The van der Waals surface area contributed by atoms with Crippen LogP contribution in [0.5, 0.6) is 11.5 Å². The number of hydrogen-bond acceptors (Lipinski definition) is 3. The number of aryl methyl sites for hydroxylation is 1. The SMILES string of the molecule is CCNC(=NCc1ccccc1Oc1ccccc1C)N1CCC(O)CC1. The van der Waals surface area contributed by atoms with Crippen molar-refractivity contribution >= 4 is 5.96 Å². The van der Waals surface area contributed by atoms with Gasteiger partial charge in [0.05, 0.1) is 12.6 Å². The maximum Gasteiger partial charge on any atom is 0.194 e. The van der Waals surface area contributed by atoms with E-state index in [0.717, 1.165) is 61.1 Å². The van der Waals surface area contributed by atoms with E-state index in [9.17, 15) is 5.11 Å². The van der Waals surface area contributed by atoms with Crippen molar-refractivity contribution in [2.24, 2.45) is 4.99 Å². The van der Waals surface area contributed by atoms with Gasteiger partial charge in [0.1, 0.15) is 11.5 Å². The molecular weight excluding hydrogens is 338 g/mol. The van der Waals surface area contributed by atoms with Crippen molar-refractivity contribution in [3.8, 4) is 11.5 Å². The van der Waals surface area contributed by atoms with E-state index in [-0.39, 0.29) is 6.10 Å². The largest absolute Gasteiger partial charge is 0.457 e. The first-order valence-electron chi connectivity index (χ1n) is 9.70. The van der Waals surface area contributed by atoms with Crippen molar-refractivity contribution in [2.75, 3.05) is 19.6 Å². The first kappa shape index (κ1) is 19.2. The van der Waals surface area contributed by atoms with E-state index in [0.29, 0.717) is 6.54 Å². The van der Waals surface area contributed by atoms with E-state index in [4.69, 9.17) is 9.73 Å². The van der Waals surface area contributed by atoms with Gasteiger partial charge in [0.25, 0.3) is 0 Å². The van der Waals surface area contributed by atoms with E-state index in [1.165, 1.54) is 0 Å². The second-order valence-electron chi connectivity index (χ2n) is 6.86. The molecule has 2 aromatic rings. The van der Waals surface area contributed by atoms with Crippen molar-refractivity contribution in [1.29, 1.82) is 0 Å². The van der Waals surface area contributed by atoms with Gasteiger partial charge in [-0.15, -0.1) is 0 Å². The lowest BCUT2D eigenvalue weighted by Gasteiger charge is -2.32. The van der Waals surface area contributed by atoms with Gasteiger partial charge in [0.2, 0.25) is 0 Å². The van der Waals surface area contributed by atoms with Crippen LogP contribution in [-0.4, -0.2) is 41.7 Å². The Hall–Kier alpha value is -2.53. The molecule has 27 heavy (non-hydrogen) atoms. The lowest BCUT2D eigenvalue weighted by molar-refractivity contribution is 0.108. The molecular formula is C22H29N3O2. The van der Waals surface area contributed by atoms with Gasteiger partial charge in [-0.2, -0.15) is 0 Å². The number of likely N-dealkylation sites (tertiary alicyclic amines) is 1. The number of rotatable bonds is 5. The fraction of sp³-hybridized carbons (Fsp3) is 0.409. The second-order valence-corrected chi connectivity index (χ2v) is 6.86. The first-order chi connectivity index (χ1) is 13.2. The first-order valence-corrected chi connectivity index (χ1v) is 9.70. The van der Waals surface area contributed by atoms with Gasteiger partial charge in [-0.05, 0) is 44.4 Å². The molecule has 144 valence electrons. The van der Waals surface area contributed by atoms with E-state index in [2.05, 4.69) is 23.2 Å². The minimum Gasteiger partial charge on any atom is -0.457 e.